The molecular weight excluding hydrogens is 204 g/mol. The van der Waals surface area contributed by atoms with E-state index in [4.69, 9.17) is 15.6 Å². The molecule has 0 fully saturated rings. The number of hydroxylamine groups is 1. The van der Waals surface area contributed by atoms with Crippen molar-refractivity contribution >= 4 is 11.9 Å². The van der Waals surface area contributed by atoms with E-state index >= 15 is 0 Å². The average Bonchev–Trinajstić information content (AvgIpc) is 2.17. The number of ether oxygens (including phenoxy) is 1. The molecule has 7 heteroatoms. The van der Waals surface area contributed by atoms with Crippen LogP contribution in [0.25, 0.3) is 0 Å². The van der Waals surface area contributed by atoms with E-state index < -0.39 is 24.5 Å². The summed E-state index contributed by atoms with van der Waals surface area (Å²) in [5, 5.41) is 8.21. The van der Waals surface area contributed by atoms with Crippen LogP contribution in [0, 0.1) is 0 Å². The summed E-state index contributed by atoms with van der Waals surface area (Å²) in [6.45, 7) is -0.0620. The van der Waals surface area contributed by atoms with Gasteiger partial charge in [0.05, 0.1) is 6.04 Å². The van der Waals surface area contributed by atoms with Crippen molar-refractivity contribution in [1.82, 2.24) is 5.48 Å². The Hall–Kier alpha value is -1.18. The van der Waals surface area contributed by atoms with Crippen LogP contribution in [0.3, 0.4) is 0 Å². The average molecular weight is 220 g/mol. The minimum absolute atomic E-state index is 0.454. The first-order valence-electron chi connectivity index (χ1n) is 4.46. The maximum Gasteiger partial charge on any atom is 0.332 e. The number of carbonyl (C=O) groups is 2. The number of carbonyl (C=O) groups excluding carboxylic acids is 1. The van der Waals surface area contributed by atoms with Gasteiger partial charge in [-0.1, -0.05) is 0 Å². The van der Waals surface area contributed by atoms with Crippen LogP contribution in [0.1, 0.15) is 12.8 Å². The molecule has 1 unspecified atom stereocenters. The molecular formula is C8H16N2O5. The Morgan fingerprint density at radius 3 is 2.73 bits per heavy atom. The zero-order valence-electron chi connectivity index (χ0n) is 8.56. The van der Waals surface area contributed by atoms with Gasteiger partial charge in [0.25, 0.3) is 5.91 Å². The van der Waals surface area contributed by atoms with Gasteiger partial charge >= 0.3 is 5.97 Å². The van der Waals surface area contributed by atoms with Crippen LogP contribution >= 0.6 is 0 Å². The lowest BCUT2D eigenvalue weighted by atomic mass is 10.2. The van der Waals surface area contributed by atoms with Gasteiger partial charge in [0.2, 0.25) is 0 Å². The summed E-state index contributed by atoms with van der Waals surface area (Å²) >= 11 is 0. The third-order valence-corrected chi connectivity index (χ3v) is 1.57. The summed E-state index contributed by atoms with van der Waals surface area (Å²) in [5.74, 6) is -1.70. The van der Waals surface area contributed by atoms with Gasteiger partial charge in [0.1, 0.15) is 0 Å². The molecule has 15 heavy (non-hydrogen) atoms. The number of hydrogen-bond donors (Lipinski definition) is 3. The van der Waals surface area contributed by atoms with Gasteiger partial charge in [0, 0.05) is 13.7 Å². The standard InChI is InChI=1S/C8H16N2O5/c1-14-4-2-3-6(9)8(13)10-15-5-7(11)12/h6H,2-5,9H2,1H3,(H,10,13)(H,11,12). The SMILES string of the molecule is COCCCC(N)C(=O)NOCC(=O)O. The third-order valence-electron chi connectivity index (χ3n) is 1.57. The number of hydrogen-bond acceptors (Lipinski definition) is 5. The molecule has 7 nitrogen and oxygen atoms in total. The largest absolute Gasteiger partial charge is 0.479 e. The van der Waals surface area contributed by atoms with Crippen molar-refractivity contribution in [2.24, 2.45) is 5.73 Å². The summed E-state index contributed by atoms with van der Waals surface area (Å²) in [7, 11) is 1.56. The Morgan fingerprint density at radius 1 is 1.53 bits per heavy atom. The van der Waals surface area contributed by atoms with E-state index in [-0.39, 0.29) is 0 Å². The molecule has 0 heterocycles. The van der Waals surface area contributed by atoms with Crippen LogP contribution in [0.15, 0.2) is 0 Å². The molecule has 0 aliphatic rings. The second kappa shape index (κ2) is 8.16. The number of carboxylic acids is 1. The lowest BCUT2D eigenvalue weighted by Gasteiger charge is -2.10. The molecule has 0 rings (SSSR count). The summed E-state index contributed by atoms with van der Waals surface area (Å²) < 4.78 is 4.79. The van der Waals surface area contributed by atoms with Crippen molar-refractivity contribution in [2.45, 2.75) is 18.9 Å². The topological polar surface area (TPSA) is 111 Å². The number of methoxy groups -OCH3 is 1. The molecule has 0 radical (unpaired) electrons. The van der Waals surface area contributed by atoms with E-state index in [0.29, 0.717) is 19.4 Å². The van der Waals surface area contributed by atoms with Gasteiger partial charge < -0.3 is 15.6 Å². The van der Waals surface area contributed by atoms with E-state index in [2.05, 4.69) is 4.84 Å². The Morgan fingerprint density at radius 2 is 2.20 bits per heavy atom. The molecule has 0 spiro atoms. The highest BCUT2D eigenvalue weighted by atomic mass is 16.7. The fourth-order valence-electron chi connectivity index (χ4n) is 0.823. The maximum absolute atomic E-state index is 11.1. The van der Waals surface area contributed by atoms with E-state index in [1.54, 1.807) is 7.11 Å². The molecule has 0 saturated heterocycles. The van der Waals surface area contributed by atoms with Crippen LogP contribution in [0.2, 0.25) is 0 Å². The molecule has 0 aromatic heterocycles. The number of rotatable bonds is 8. The zero-order chi connectivity index (χ0) is 11.7. The molecule has 0 aromatic rings. The zero-order valence-corrected chi connectivity index (χ0v) is 8.56. The lowest BCUT2D eigenvalue weighted by molar-refractivity contribution is -0.149. The lowest BCUT2D eigenvalue weighted by Crippen LogP contribution is -2.41. The monoisotopic (exact) mass is 220 g/mol. The Bertz CT molecular complexity index is 209. The summed E-state index contributed by atoms with van der Waals surface area (Å²) in [4.78, 5) is 25.5. The minimum Gasteiger partial charge on any atom is -0.479 e. The van der Waals surface area contributed by atoms with E-state index in [9.17, 15) is 9.59 Å². The van der Waals surface area contributed by atoms with Crippen LogP contribution in [0.5, 0.6) is 0 Å². The molecule has 1 amide bonds. The van der Waals surface area contributed by atoms with Crippen LogP contribution < -0.4 is 11.2 Å². The molecule has 0 saturated carbocycles. The van der Waals surface area contributed by atoms with Crippen molar-refractivity contribution in [1.29, 1.82) is 0 Å². The van der Waals surface area contributed by atoms with Gasteiger partial charge in [0.15, 0.2) is 6.61 Å². The van der Waals surface area contributed by atoms with Crippen molar-refractivity contribution in [3.63, 3.8) is 0 Å². The molecule has 4 N–H and O–H groups in total. The normalized spacial score (nSPS) is 12.1. The van der Waals surface area contributed by atoms with Gasteiger partial charge in [-0.15, -0.1) is 0 Å². The number of nitrogens with one attached hydrogen (secondary N) is 1. The first kappa shape index (κ1) is 13.8. The highest BCUT2D eigenvalue weighted by Crippen LogP contribution is 1.94. The van der Waals surface area contributed by atoms with E-state index in [1.807, 2.05) is 5.48 Å². The second-order valence-corrected chi connectivity index (χ2v) is 2.89. The van der Waals surface area contributed by atoms with Crippen molar-refractivity contribution in [2.75, 3.05) is 20.3 Å². The predicted molar refractivity (Wildman–Crippen MR) is 50.8 cm³/mol. The number of aliphatic carboxylic acids is 1. The molecule has 0 aliphatic carbocycles. The highest BCUT2D eigenvalue weighted by Gasteiger charge is 2.13. The predicted octanol–water partition coefficient (Wildman–Crippen LogP) is -1.13. The van der Waals surface area contributed by atoms with Gasteiger partial charge in [-0.05, 0) is 12.8 Å². The molecule has 0 aliphatic heterocycles. The quantitative estimate of drug-likeness (QED) is 0.352. The number of carboxylic acid groups (broad SMARTS) is 1. The molecule has 1 atom stereocenters. The molecule has 88 valence electrons. The van der Waals surface area contributed by atoms with Crippen LogP contribution in [0.4, 0.5) is 0 Å². The van der Waals surface area contributed by atoms with Crippen molar-refractivity contribution in [3.05, 3.63) is 0 Å². The Balaban J connectivity index is 3.55. The van der Waals surface area contributed by atoms with Gasteiger partial charge in [-0.2, -0.15) is 0 Å². The molecule has 0 aromatic carbocycles. The fourth-order valence-corrected chi connectivity index (χ4v) is 0.823. The fraction of sp³-hybridized carbons (Fsp3) is 0.750. The Labute approximate surface area is 87.5 Å². The first-order chi connectivity index (χ1) is 7.07. The molecule has 0 bridgehead atoms. The van der Waals surface area contributed by atoms with E-state index in [1.165, 1.54) is 0 Å². The third kappa shape index (κ3) is 7.86. The Kier molecular flexibility index (Phi) is 7.51. The first-order valence-corrected chi connectivity index (χ1v) is 4.46. The highest BCUT2D eigenvalue weighted by molar-refractivity contribution is 5.80. The van der Waals surface area contributed by atoms with Crippen molar-refractivity contribution < 1.29 is 24.3 Å². The number of amides is 1. The smallest absolute Gasteiger partial charge is 0.332 e. The number of nitrogens with two attached hydrogens (primary N) is 1. The second-order valence-electron chi connectivity index (χ2n) is 2.89. The van der Waals surface area contributed by atoms with Crippen LogP contribution in [-0.4, -0.2) is 43.3 Å². The van der Waals surface area contributed by atoms with Gasteiger partial charge in [-0.25, -0.2) is 10.3 Å². The van der Waals surface area contributed by atoms with Crippen molar-refractivity contribution in [3.8, 4) is 0 Å². The summed E-state index contributed by atoms with van der Waals surface area (Å²) in [6.07, 6.45) is 1.11. The maximum atomic E-state index is 11.1. The van der Waals surface area contributed by atoms with E-state index in [0.717, 1.165) is 0 Å². The van der Waals surface area contributed by atoms with Crippen LogP contribution in [-0.2, 0) is 19.2 Å². The minimum atomic E-state index is -1.16. The summed E-state index contributed by atoms with van der Waals surface area (Å²) in [5.41, 5.74) is 7.43. The van der Waals surface area contributed by atoms with Gasteiger partial charge in [-0.3, -0.25) is 9.63 Å². The summed E-state index contributed by atoms with van der Waals surface area (Å²) in [6, 6.07) is -0.714.